The van der Waals surface area contributed by atoms with Gasteiger partial charge in [0.25, 0.3) is 0 Å². The first-order chi connectivity index (χ1) is 7.77. The van der Waals surface area contributed by atoms with Crippen molar-refractivity contribution in [3.8, 4) is 0 Å². The summed E-state index contributed by atoms with van der Waals surface area (Å²) in [7, 11) is 0. The minimum atomic E-state index is 0.958. The molecule has 1 heterocycles. The molecule has 0 bridgehead atoms. The predicted molar refractivity (Wildman–Crippen MR) is 70.4 cm³/mol. The van der Waals surface area contributed by atoms with Gasteiger partial charge < -0.3 is 0 Å². The van der Waals surface area contributed by atoms with E-state index in [-0.39, 0.29) is 0 Å². The lowest BCUT2D eigenvalue weighted by Crippen LogP contribution is -1.90. The molecule has 0 atom stereocenters. The van der Waals surface area contributed by atoms with Crippen molar-refractivity contribution in [3.05, 3.63) is 53.9 Å². The van der Waals surface area contributed by atoms with Crippen LogP contribution < -0.4 is 0 Å². The molecule has 1 nitrogen and oxygen atoms in total. The Bertz CT molecular complexity index is 349. The SMILES string of the molecule is C=C(CCC)/C(=C\Cc1cccnc1)CC. The van der Waals surface area contributed by atoms with Crippen LogP contribution in [0.25, 0.3) is 0 Å². The lowest BCUT2D eigenvalue weighted by molar-refractivity contribution is 0.894. The van der Waals surface area contributed by atoms with Gasteiger partial charge in [-0.05, 0) is 36.5 Å². The number of allylic oxidation sites excluding steroid dienone is 3. The number of hydrogen-bond donors (Lipinski definition) is 0. The van der Waals surface area contributed by atoms with Crippen LogP contribution in [0.5, 0.6) is 0 Å². The van der Waals surface area contributed by atoms with E-state index < -0.39 is 0 Å². The van der Waals surface area contributed by atoms with Crippen molar-refractivity contribution in [3.63, 3.8) is 0 Å². The molecular weight excluding hydrogens is 194 g/mol. The Morgan fingerprint density at radius 1 is 1.44 bits per heavy atom. The maximum atomic E-state index is 4.14. The lowest BCUT2D eigenvalue weighted by atomic mass is 9.99. The van der Waals surface area contributed by atoms with Crippen LogP contribution in [0.15, 0.2) is 48.3 Å². The summed E-state index contributed by atoms with van der Waals surface area (Å²) in [5.74, 6) is 0. The van der Waals surface area contributed by atoms with Crippen LogP contribution in [0.4, 0.5) is 0 Å². The Balaban J connectivity index is 2.63. The molecule has 86 valence electrons. The van der Waals surface area contributed by atoms with Crippen LogP contribution >= 0.6 is 0 Å². The van der Waals surface area contributed by atoms with Gasteiger partial charge in [-0.3, -0.25) is 4.98 Å². The smallest absolute Gasteiger partial charge is 0.0303 e. The zero-order chi connectivity index (χ0) is 11.8. The highest BCUT2D eigenvalue weighted by Gasteiger charge is 1.99. The van der Waals surface area contributed by atoms with Crippen molar-refractivity contribution in [2.75, 3.05) is 0 Å². The Morgan fingerprint density at radius 3 is 2.81 bits per heavy atom. The zero-order valence-corrected chi connectivity index (χ0v) is 10.4. The van der Waals surface area contributed by atoms with E-state index in [0.717, 1.165) is 19.3 Å². The summed E-state index contributed by atoms with van der Waals surface area (Å²) >= 11 is 0. The van der Waals surface area contributed by atoms with E-state index in [1.54, 1.807) is 0 Å². The molecule has 1 aromatic rings. The number of aromatic nitrogens is 1. The van der Waals surface area contributed by atoms with Crippen molar-refractivity contribution in [1.29, 1.82) is 0 Å². The summed E-state index contributed by atoms with van der Waals surface area (Å²) in [6.07, 6.45) is 10.3. The molecule has 0 N–H and O–H groups in total. The van der Waals surface area contributed by atoms with Crippen LogP contribution in [-0.4, -0.2) is 4.98 Å². The number of pyridine rings is 1. The fourth-order valence-electron chi connectivity index (χ4n) is 1.76. The largest absolute Gasteiger partial charge is 0.264 e. The molecule has 0 fully saturated rings. The molecule has 0 aromatic carbocycles. The molecule has 1 aromatic heterocycles. The molecule has 0 spiro atoms. The number of nitrogens with zero attached hydrogens (tertiary/aromatic N) is 1. The van der Waals surface area contributed by atoms with Crippen LogP contribution in [0, 0.1) is 0 Å². The van der Waals surface area contributed by atoms with Crippen molar-refractivity contribution in [2.24, 2.45) is 0 Å². The van der Waals surface area contributed by atoms with E-state index in [0.29, 0.717) is 0 Å². The van der Waals surface area contributed by atoms with Gasteiger partial charge in [0.05, 0.1) is 0 Å². The molecule has 0 saturated carbocycles. The molecule has 1 rings (SSSR count). The molecule has 0 aliphatic heterocycles. The molecule has 1 heteroatoms. The van der Waals surface area contributed by atoms with Gasteiger partial charge in [-0.1, -0.05) is 44.6 Å². The van der Waals surface area contributed by atoms with E-state index in [1.807, 2.05) is 18.5 Å². The molecule has 0 unspecified atom stereocenters. The van der Waals surface area contributed by atoms with E-state index >= 15 is 0 Å². The van der Waals surface area contributed by atoms with E-state index in [9.17, 15) is 0 Å². The third-order valence-electron chi connectivity index (χ3n) is 2.69. The summed E-state index contributed by atoms with van der Waals surface area (Å²) in [5.41, 5.74) is 3.94. The maximum Gasteiger partial charge on any atom is 0.0303 e. The molecule has 0 aliphatic rings. The lowest BCUT2D eigenvalue weighted by Gasteiger charge is -2.07. The summed E-state index contributed by atoms with van der Waals surface area (Å²) < 4.78 is 0. The fraction of sp³-hybridized carbons (Fsp3) is 0.400. The van der Waals surface area contributed by atoms with Crippen LogP contribution in [0.1, 0.15) is 38.7 Å². The first-order valence-electron chi connectivity index (χ1n) is 6.04. The van der Waals surface area contributed by atoms with Crippen molar-refractivity contribution < 1.29 is 0 Å². The standard InChI is InChI=1S/C15H21N/c1-4-7-13(3)15(5-2)10-9-14-8-6-11-16-12-14/h6,8,10-12H,3-5,7,9H2,1-2H3/b15-10-. The first-order valence-corrected chi connectivity index (χ1v) is 6.04. The van der Waals surface area contributed by atoms with Gasteiger partial charge in [0.15, 0.2) is 0 Å². The average molecular weight is 215 g/mol. The molecule has 16 heavy (non-hydrogen) atoms. The Hall–Kier alpha value is -1.37. The average Bonchev–Trinajstić information content (AvgIpc) is 2.31. The molecular formula is C15H21N. The molecule has 0 amide bonds. The molecule has 0 saturated heterocycles. The second-order valence-electron chi connectivity index (χ2n) is 4.00. The minimum absolute atomic E-state index is 0.958. The highest BCUT2D eigenvalue weighted by molar-refractivity contribution is 5.29. The second kappa shape index (κ2) is 7.00. The quantitative estimate of drug-likeness (QED) is 0.644. The first kappa shape index (κ1) is 12.7. The van der Waals surface area contributed by atoms with E-state index in [2.05, 4.69) is 37.6 Å². The van der Waals surface area contributed by atoms with Crippen LogP contribution in [0.2, 0.25) is 0 Å². The van der Waals surface area contributed by atoms with Crippen LogP contribution in [-0.2, 0) is 6.42 Å². The third-order valence-corrected chi connectivity index (χ3v) is 2.69. The van der Waals surface area contributed by atoms with Gasteiger partial charge in [-0.15, -0.1) is 0 Å². The van der Waals surface area contributed by atoms with Gasteiger partial charge in [-0.25, -0.2) is 0 Å². The van der Waals surface area contributed by atoms with Crippen molar-refractivity contribution in [2.45, 2.75) is 39.5 Å². The highest BCUT2D eigenvalue weighted by Crippen LogP contribution is 2.17. The predicted octanol–water partition coefficient (Wildman–Crippen LogP) is 4.32. The highest BCUT2D eigenvalue weighted by atomic mass is 14.6. The second-order valence-corrected chi connectivity index (χ2v) is 4.00. The minimum Gasteiger partial charge on any atom is -0.264 e. The summed E-state index contributed by atoms with van der Waals surface area (Å²) in [5, 5.41) is 0. The van der Waals surface area contributed by atoms with Gasteiger partial charge in [0.1, 0.15) is 0 Å². The van der Waals surface area contributed by atoms with E-state index in [1.165, 1.54) is 23.1 Å². The topological polar surface area (TPSA) is 12.9 Å². The molecule has 0 aliphatic carbocycles. The van der Waals surface area contributed by atoms with Crippen LogP contribution in [0.3, 0.4) is 0 Å². The fourth-order valence-corrected chi connectivity index (χ4v) is 1.76. The normalized spacial score (nSPS) is 11.5. The monoisotopic (exact) mass is 215 g/mol. The number of rotatable bonds is 6. The zero-order valence-electron chi connectivity index (χ0n) is 10.4. The van der Waals surface area contributed by atoms with E-state index in [4.69, 9.17) is 0 Å². The van der Waals surface area contributed by atoms with Gasteiger partial charge in [0.2, 0.25) is 0 Å². The maximum absolute atomic E-state index is 4.14. The third kappa shape index (κ3) is 4.01. The summed E-state index contributed by atoms with van der Waals surface area (Å²) in [6, 6.07) is 4.09. The van der Waals surface area contributed by atoms with Gasteiger partial charge >= 0.3 is 0 Å². The Morgan fingerprint density at radius 2 is 2.25 bits per heavy atom. The van der Waals surface area contributed by atoms with Crippen molar-refractivity contribution in [1.82, 2.24) is 4.98 Å². The molecule has 0 radical (unpaired) electrons. The number of hydrogen-bond acceptors (Lipinski definition) is 1. The van der Waals surface area contributed by atoms with Gasteiger partial charge in [-0.2, -0.15) is 0 Å². The Kier molecular flexibility index (Phi) is 5.55. The Labute approximate surface area is 98.9 Å². The van der Waals surface area contributed by atoms with Gasteiger partial charge in [0, 0.05) is 12.4 Å². The van der Waals surface area contributed by atoms with Crippen molar-refractivity contribution >= 4 is 0 Å². The summed E-state index contributed by atoms with van der Waals surface area (Å²) in [4.78, 5) is 4.12. The summed E-state index contributed by atoms with van der Waals surface area (Å²) in [6.45, 7) is 8.53.